The zero-order valence-electron chi connectivity index (χ0n) is 8.21. The van der Waals surface area contributed by atoms with Crippen molar-refractivity contribution in [1.29, 1.82) is 0 Å². The summed E-state index contributed by atoms with van der Waals surface area (Å²) in [6.07, 6.45) is 5.22. The lowest BCUT2D eigenvalue weighted by atomic mass is 9.92. The van der Waals surface area contributed by atoms with Crippen LogP contribution in [-0.4, -0.2) is 33.8 Å². The highest BCUT2D eigenvalue weighted by Crippen LogP contribution is 2.18. The summed E-state index contributed by atoms with van der Waals surface area (Å²) in [6.45, 7) is 0. The third kappa shape index (κ3) is 4.06. The maximum atomic E-state index is 10.9. The standard InChI is InChI=1S/C8H18N2O2S.2H2/c1-9-7-3-5-8(6-4-7)10-13(2,11)12;;/h7-10H,3-6H2,1-2H3;2*1H. The van der Waals surface area contributed by atoms with Gasteiger partial charge in [-0.3, -0.25) is 0 Å². The molecule has 0 aliphatic heterocycles. The Bertz CT molecular complexity index is 251. The second-order valence-corrected chi connectivity index (χ2v) is 5.51. The highest BCUT2D eigenvalue weighted by atomic mass is 32.2. The molecule has 13 heavy (non-hydrogen) atoms. The van der Waals surface area contributed by atoms with E-state index >= 15 is 0 Å². The lowest BCUT2D eigenvalue weighted by molar-refractivity contribution is 0.343. The average Bonchev–Trinajstić information content (AvgIpc) is 2.03. The minimum absolute atomic E-state index is 0. The van der Waals surface area contributed by atoms with E-state index in [1.165, 1.54) is 6.26 Å². The Morgan fingerprint density at radius 1 is 1.15 bits per heavy atom. The molecule has 82 valence electrons. The van der Waals surface area contributed by atoms with Crippen LogP contribution in [0, 0.1) is 0 Å². The normalized spacial score (nSPS) is 30.3. The van der Waals surface area contributed by atoms with Crippen molar-refractivity contribution in [2.75, 3.05) is 13.3 Å². The Hall–Kier alpha value is -0.130. The summed E-state index contributed by atoms with van der Waals surface area (Å²) in [5.41, 5.74) is 0. The SMILES string of the molecule is CNC1CCC(NS(C)(=O)=O)CC1.[HH].[HH]. The first-order valence-electron chi connectivity index (χ1n) is 4.66. The number of hydrogen-bond acceptors (Lipinski definition) is 3. The van der Waals surface area contributed by atoms with Gasteiger partial charge in [0.2, 0.25) is 10.0 Å². The lowest BCUT2D eigenvalue weighted by Gasteiger charge is -2.28. The van der Waals surface area contributed by atoms with Gasteiger partial charge in [0.25, 0.3) is 0 Å². The Morgan fingerprint density at radius 3 is 2.00 bits per heavy atom. The molecule has 0 spiro atoms. The molecule has 4 nitrogen and oxygen atoms in total. The molecule has 5 heteroatoms. The molecule has 1 aliphatic carbocycles. The Labute approximate surface area is 83.1 Å². The highest BCUT2D eigenvalue weighted by Gasteiger charge is 2.21. The molecule has 0 saturated heterocycles. The minimum atomic E-state index is -3.02. The van der Waals surface area contributed by atoms with E-state index in [0.29, 0.717) is 6.04 Å². The zero-order chi connectivity index (χ0) is 9.90. The van der Waals surface area contributed by atoms with Gasteiger partial charge in [-0.2, -0.15) is 0 Å². The van der Waals surface area contributed by atoms with Gasteiger partial charge >= 0.3 is 0 Å². The van der Waals surface area contributed by atoms with Crippen LogP contribution in [0.4, 0.5) is 0 Å². The summed E-state index contributed by atoms with van der Waals surface area (Å²) >= 11 is 0. The van der Waals surface area contributed by atoms with Gasteiger partial charge < -0.3 is 5.32 Å². The summed E-state index contributed by atoms with van der Waals surface area (Å²) in [6, 6.07) is 0.720. The van der Waals surface area contributed by atoms with Gasteiger partial charge in [-0.1, -0.05) is 0 Å². The van der Waals surface area contributed by atoms with Crippen LogP contribution < -0.4 is 10.0 Å². The van der Waals surface area contributed by atoms with Gasteiger partial charge in [-0.05, 0) is 32.7 Å². The molecule has 0 bridgehead atoms. The van der Waals surface area contributed by atoms with Crippen LogP contribution in [0.3, 0.4) is 0 Å². The maximum Gasteiger partial charge on any atom is 0.208 e. The van der Waals surface area contributed by atoms with Gasteiger partial charge in [0.15, 0.2) is 0 Å². The average molecular weight is 210 g/mol. The monoisotopic (exact) mass is 210 g/mol. The first-order chi connectivity index (χ1) is 6.01. The van der Waals surface area contributed by atoms with E-state index in [4.69, 9.17) is 0 Å². The van der Waals surface area contributed by atoms with Crippen LogP contribution in [0.25, 0.3) is 0 Å². The molecule has 2 N–H and O–H groups in total. The van der Waals surface area contributed by atoms with E-state index in [9.17, 15) is 8.42 Å². The number of sulfonamides is 1. The Morgan fingerprint density at radius 2 is 1.62 bits per heavy atom. The topological polar surface area (TPSA) is 58.2 Å². The van der Waals surface area contributed by atoms with E-state index in [0.717, 1.165) is 25.7 Å². The van der Waals surface area contributed by atoms with Gasteiger partial charge in [-0.25, -0.2) is 13.1 Å². The van der Waals surface area contributed by atoms with Gasteiger partial charge in [0.1, 0.15) is 0 Å². The predicted molar refractivity (Wildman–Crippen MR) is 57.3 cm³/mol. The highest BCUT2D eigenvalue weighted by molar-refractivity contribution is 7.88. The molecule has 0 aromatic carbocycles. The third-order valence-electron chi connectivity index (χ3n) is 2.52. The molecular formula is C8H22N2O2S. The zero-order valence-corrected chi connectivity index (χ0v) is 9.02. The van der Waals surface area contributed by atoms with Crippen LogP contribution in [0.5, 0.6) is 0 Å². The first kappa shape index (κ1) is 10.9. The summed E-state index contributed by atoms with van der Waals surface area (Å²) in [5.74, 6) is 0. The third-order valence-corrected chi connectivity index (χ3v) is 3.28. The van der Waals surface area contributed by atoms with E-state index < -0.39 is 10.0 Å². The Kier molecular flexibility index (Phi) is 3.70. The number of hydrogen-bond donors (Lipinski definition) is 2. The van der Waals surface area contributed by atoms with Crippen LogP contribution >= 0.6 is 0 Å². The molecule has 1 fully saturated rings. The fourth-order valence-corrected chi connectivity index (χ4v) is 2.64. The van der Waals surface area contributed by atoms with Crippen LogP contribution in [-0.2, 0) is 10.0 Å². The van der Waals surface area contributed by atoms with Gasteiger partial charge in [0, 0.05) is 14.9 Å². The molecule has 0 unspecified atom stereocenters. The van der Waals surface area contributed by atoms with E-state index in [1.807, 2.05) is 7.05 Å². The van der Waals surface area contributed by atoms with E-state index in [1.54, 1.807) is 0 Å². The van der Waals surface area contributed by atoms with Crippen molar-refractivity contribution < 1.29 is 11.3 Å². The fourth-order valence-electron chi connectivity index (χ4n) is 1.80. The Balaban J connectivity index is 0. The first-order valence-corrected chi connectivity index (χ1v) is 6.55. The molecule has 0 amide bonds. The lowest BCUT2D eigenvalue weighted by Crippen LogP contribution is -2.40. The molecular weight excluding hydrogens is 188 g/mol. The number of nitrogens with one attached hydrogen (secondary N) is 2. The van der Waals surface area contributed by atoms with E-state index in [2.05, 4.69) is 10.0 Å². The summed E-state index contributed by atoms with van der Waals surface area (Å²) in [7, 11) is -1.07. The van der Waals surface area contributed by atoms with Crippen molar-refractivity contribution in [1.82, 2.24) is 10.0 Å². The molecule has 0 atom stereocenters. The van der Waals surface area contributed by atoms with Crippen LogP contribution in [0.1, 0.15) is 28.5 Å². The molecule has 1 saturated carbocycles. The van der Waals surface area contributed by atoms with Gasteiger partial charge in [-0.15, -0.1) is 0 Å². The quantitative estimate of drug-likeness (QED) is 0.715. The van der Waals surface area contributed by atoms with Gasteiger partial charge in [0.05, 0.1) is 6.26 Å². The van der Waals surface area contributed by atoms with Crippen molar-refractivity contribution >= 4 is 10.0 Å². The van der Waals surface area contributed by atoms with Crippen molar-refractivity contribution in [3.05, 3.63) is 0 Å². The van der Waals surface area contributed by atoms with Crippen molar-refractivity contribution in [3.63, 3.8) is 0 Å². The maximum absolute atomic E-state index is 10.9. The summed E-state index contributed by atoms with van der Waals surface area (Å²) in [5, 5.41) is 3.21. The van der Waals surface area contributed by atoms with E-state index in [-0.39, 0.29) is 8.90 Å². The minimum Gasteiger partial charge on any atom is -0.317 e. The fraction of sp³-hybridized carbons (Fsp3) is 1.00. The van der Waals surface area contributed by atoms with Crippen molar-refractivity contribution in [2.24, 2.45) is 0 Å². The smallest absolute Gasteiger partial charge is 0.208 e. The number of rotatable bonds is 3. The predicted octanol–water partition coefficient (Wildman–Crippen LogP) is 0.558. The van der Waals surface area contributed by atoms with Crippen molar-refractivity contribution in [2.45, 2.75) is 37.8 Å². The molecule has 0 heterocycles. The molecule has 0 radical (unpaired) electrons. The second kappa shape index (κ2) is 4.39. The van der Waals surface area contributed by atoms with Crippen LogP contribution in [0.15, 0.2) is 0 Å². The summed E-state index contributed by atoms with van der Waals surface area (Å²) < 4.78 is 24.5. The van der Waals surface area contributed by atoms with Crippen molar-refractivity contribution in [3.8, 4) is 0 Å². The molecule has 1 rings (SSSR count). The molecule has 0 aromatic heterocycles. The second-order valence-electron chi connectivity index (χ2n) is 3.73. The molecule has 1 aliphatic rings. The summed E-state index contributed by atoms with van der Waals surface area (Å²) in [4.78, 5) is 0. The molecule has 0 aromatic rings. The van der Waals surface area contributed by atoms with Crippen LogP contribution in [0.2, 0.25) is 0 Å². The largest absolute Gasteiger partial charge is 0.317 e.